The van der Waals surface area contributed by atoms with Crippen molar-refractivity contribution in [1.29, 1.82) is 0 Å². The molecule has 1 saturated heterocycles. The topological polar surface area (TPSA) is 74.2 Å². The number of hydrogen-bond donors (Lipinski definition) is 1. The Labute approximate surface area is 193 Å². The van der Waals surface area contributed by atoms with Gasteiger partial charge in [0, 0.05) is 60.6 Å². The van der Waals surface area contributed by atoms with Crippen molar-refractivity contribution in [3.63, 3.8) is 0 Å². The van der Waals surface area contributed by atoms with Gasteiger partial charge in [0.25, 0.3) is 0 Å². The number of amides is 1. The van der Waals surface area contributed by atoms with E-state index in [2.05, 4.69) is 15.3 Å². The lowest BCUT2D eigenvalue weighted by Gasteiger charge is -2.34. The number of nitrogens with zero attached hydrogens (tertiary/aromatic N) is 5. The van der Waals surface area contributed by atoms with Gasteiger partial charge in [-0.1, -0.05) is 18.2 Å². The zero-order valence-electron chi connectivity index (χ0n) is 19.0. The molecule has 0 bridgehead atoms. The molecule has 0 spiro atoms. The van der Waals surface area contributed by atoms with Crippen LogP contribution in [0.5, 0.6) is 0 Å². The average molecular weight is 449 g/mol. The second-order valence-corrected chi connectivity index (χ2v) is 8.58. The third-order valence-corrected chi connectivity index (χ3v) is 5.80. The number of carbonyl (C=O) groups excluding carboxylic acids is 1. The molecule has 2 aromatic heterocycles. The number of benzene rings is 1. The molecule has 1 fully saturated rings. The highest BCUT2D eigenvalue weighted by Gasteiger charge is 2.26. The molecule has 1 aliphatic rings. The molecule has 33 heavy (non-hydrogen) atoms. The van der Waals surface area contributed by atoms with E-state index in [9.17, 15) is 9.18 Å². The molecular formula is C25H29FN6O. The van der Waals surface area contributed by atoms with Crippen LogP contribution in [0, 0.1) is 12.7 Å². The number of likely N-dealkylation sites (tertiary alicyclic amines) is 1. The predicted octanol–water partition coefficient (Wildman–Crippen LogP) is 3.90. The summed E-state index contributed by atoms with van der Waals surface area (Å²) < 4.78 is 13.9. The Bertz CT molecular complexity index is 1090. The number of aromatic nitrogens is 3. The smallest absolute Gasteiger partial charge is 0.236 e. The van der Waals surface area contributed by atoms with Crippen molar-refractivity contribution < 1.29 is 9.18 Å². The quantitative estimate of drug-likeness (QED) is 0.591. The SMILES string of the molecule is Cc1cc(Nc2cnccn2)cc([C@@H]2CCCN(C(=O)CN(C)Cc3ccccc3F)C2)n1. The van der Waals surface area contributed by atoms with E-state index in [4.69, 9.17) is 4.98 Å². The summed E-state index contributed by atoms with van der Waals surface area (Å²) in [4.78, 5) is 29.9. The van der Waals surface area contributed by atoms with Gasteiger partial charge in [0.15, 0.2) is 0 Å². The first-order valence-electron chi connectivity index (χ1n) is 11.2. The Kier molecular flexibility index (Phi) is 7.24. The van der Waals surface area contributed by atoms with Crippen molar-refractivity contribution in [3.8, 4) is 0 Å². The first-order valence-corrected chi connectivity index (χ1v) is 11.2. The molecule has 3 heterocycles. The molecule has 0 radical (unpaired) electrons. The number of carbonyl (C=O) groups is 1. The zero-order valence-corrected chi connectivity index (χ0v) is 19.0. The van der Waals surface area contributed by atoms with Crippen LogP contribution in [0.2, 0.25) is 0 Å². The first-order chi connectivity index (χ1) is 16.0. The lowest BCUT2D eigenvalue weighted by Crippen LogP contribution is -2.43. The largest absolute Gasteiger partial charge is 0.341 e. The van der Waals surface area contributed by atoms with Crippen LogP contribution in [0.3, 0.4) is 0 Å². The molecule has 1 N–H and O–H groups in total. The lowest BCUT2D eigenvalue weighted by molar-refractivity contribution is -0.133. The molecule has 4 rings (SSSR count). The van der Waals surface area contributed by atoms with Gasteiger partial charge in [-0.2, -0.15) is 0 Å². The molecule has 1 amide bonds. The number of nitrogens with one attached hydrogen (secondary N) is 1. The summed E-state index contributed by atoms with van der Waals surface area (Å²) in [6.45, 7) is 3.98. The number of aryl methyl sites for hydroxylation is 1. The molecule has 0 saturated carbocycles. The maximum absolute atomic E-state index is 13.9. The Morgan fingerprint density at radius 3 is 2.91 bits per heavy atom. The highest BCUT2D eigenvalue weighted by Crippen LogP contribution is 2.28. The van der Waals surface area contributed by atoms with Gasteiger partial charge in [0.05, 0.1) is 12.7 Å². The Hall–Kier alpha value is -3.39. The third-order valence-electron chi connectivity index (χ3n) is 5.80. The lowest BCUT2D eigenvalue weighted by atomic mass is 9.93. The minimum absolute atomic E-state index is 0.0594. The molecule has 1 aliphatic heterocycles. The van der Waals surface area contributed by atoms with Crippen molar-refractivity contribution >= 4 is 17.4 Å². The van der Waals surface area contributed by atoms with E-state index >= 15 is 0 Å². The van der Waals surface area contributed by atoms with Gasteiger partial charge in [-0.05, 0) is 45.0 Å². The van der Waals surface area contributed by atoms with E-state index < -0.39 is 0 Å². The summed E-state index contributed by atoms with van der Waals surface area (Å²) in [5.74, 6) is 0.657. The number of piperidine rings is 1. The van der Waals surface area contributed by atoms with Crippen molar-refractivity contribution in [1.82, 2.24) is 24.8 Å². The molecule has 1 atom stereocenters. The fourth-order valence-corrected chi connectivity index (χ4v) is 4.24. The van der Waals surface area contributed by atoms with Crippen LogP contribution in [0.4, 0.5) is 15.9 Å². The van der Waals surface area contributed by atoms with Gasteiger partial charge < -0.3 is 10.2 Å². The Balaban J connectivity index is 1.39. The fourth-order valence-electron chi connectivity index (χ4n) is 4.24. The summed E-state index contributed by atoms with van der Waals surface area (Å²) in [5.41, 5.74) is 3.38. The maximum atomic E-state index is 13.9. The Morgan fingerprint density at radius 2 is 2.12 bits per heavy atom. The second-order valence-electron chi connectivity index (χ2n) is 8.58. The van der Waals surface area contributed by atoms with E-state index in [1.165, 1.54) is 6.07 Å². The number of halogens is 1. The number of likely N-dealkylation sites (N-methyl/N-ethyl adjacent to an activating group) is 1. The summed E-state index contributed by atoms with van der Waals surface area (Å²) in [5, 5.41) is 3.28. The number of rotatable bonds is 7. The van der Waals surface area contributed by atoms with Crippen LogP contribution in [-0.2, 0) is 11.3 Å². The van der Waals surface area contributed by atoms with Gasteiger partial charge in [-0.25, -0.2) is 9.37 Å². The van der Waals surface area contributed by atoms with E-state index in [1.807, 2.05) is 42.0 Å². The van der Waals surface area contributed by atoms with Crippen LogP contribution in [0.1, 0.15) is 35.7 Å². The van der Waals surface area contributed by atoms with Gasteiger partial charge in [0.1, 0.15) is 11.6 Å². The fraction of sp³-hybridized carbons (Fsp3) is 0.360. The van der Waals surface area contributed by atoms with Crippen molar-refractivity contribution in [2.45, 2.75) is 32.2 Å². The number of hydrogen-bond acceptors (Lipinski definition) is 6. The van der Waals surface area contributed by atoms with Gasteiger partial charge in [0.2, 0.25) is 5.91 Å². The molecule has 0 aliphatic carbocycles. The van der Waals surface area contributed by atoms with Crippen LogP contribution in [0.15, 0.2) is 55.0 Å². The molecule has 8 heteroatoms. The van der Waals surface area contributed by atoms with Crippen molar-refractivity contribution in [2.24, 2.45) is 0 Å². The average Bonchev–Trinajstić information content (AvgIpc) is 2.81. The van der Waals surface area contributed by atoms with E-state index in [-0.39, 0.29) is 24.2 Å². The monoisotopic (exact) mass is 448 g/mol. The minimum atomic E-state index is -0.244. The van der Waals surface area contributed by atoms with Crippen molar-refractivity contribution in [2.75, 3.05) is 32.0 Å². The highest BCUT2D eigenvalue weighted by atomic mass is 19.1. The second kappa shape index (κ2) is 10.5. The third kappa shape index (κ3) is 6.10. The predicted molar refractivity (Wildman–Crippen MR) is 126 cm³/mol. The highest BCUT2D eigenvalue weighted by molar-refractivity contribution is 5.78. The number of pyridine rings is 1. The van der Waals surface area contributed by atoms with Crippen LogP contribution < -0.4 is 5.32 Å². The summed E-state index contributed by atoms with van der Waals surface area (Å²) in [7, 11) is 1.85. The van der Waals surface area contributed by atoms with Crippen LogP contribution in [-0.4, -0.2) is 57.3 Å². The summed E-state index contributed by atoms with van der Waals surface area (Å²) >= 11 is 0. The minimum Gasteiger partial charge on any atom is -0.341 e. The molecule has 7 nitrogen and oxygen atoms in total. The van der Waals surface area contributed by atoms with Gasteiger partial charge >= 0.3 is 0 Å². The van der Waals surface area contributed by atoms with E-state index in [0.717, 1.165) is 36.5 Å². The summed E-state index contributed by atoms with van der Waals surface area (Å²) in [6, 6.07) is 10.7. The molecule has 172 valence electrons. The van der Waals surface area contributed by atoms with Gasteiger partial charge in [-0.15, -0.1) is 0 Å². The molecular weight excluding hydrogens is 419 g/mol. The van der Waals surface area contributed by atoms with Gasteiger partial charge in [-0.3, -0.25) is 19.7 Å². The van der Waals surface area contributed by atoms with E-state index in [0.29, 0.717) is 24.5 Å². The van der Waals surface area contributed by atoms with Crippen LogP contribution >= 0.6 is 0 Å². The standard InChI is InChI=1S/C25H29FN6O/c1-18-12-21(30-24-14-27-9-10-28-24)13-23(29-18)20-7-5-11-32(16-20)25(33)17-31(2)15-19-6-3-4-8-22(19)26/h3-4,6,8-10,12-14,20H,5,7,11,15-17H2,1-2H3,(H,28,29,30)/t20-/m1/s1. The molecule has 1 aromatic carbocycles. The molecule has 3 aromatic rings. The maximum Gasteiger partial charge on any atom is 0.236 e. The zero-order chi connectivity index (χ0) is 23.2. The Morgan fingerprint density at radius 1 is 1.27 bits per heavy atom. The van der Waals surface area contributed by atoms with Crippen molar-refractivity contribution in [3.05, 3.63) is 77.8 Å². The first kappa shape index (κ1) is 22.8. The number of anilines is 2. The normalized spacial score (nSPS) is 16.1. The summed E-state index contributed by atoms with van der Waals surface area (Å²) in [6.07, 6.45) is 6.86. The van der Waals surface area contributed by atoms with Crippen LogP contribution in [0.25, 0.3) is 0 Å². The van der Waals surface area contributed by atoms with E-state index in [1.54, 1.807) is 30.7 Å². The molecule has 0 unspecified atom stereocenters.